The molecule has 1 unspecified atom stereocenters. The third-order valence-corrected chi connectivity index (χ3v) is 3.27. The molecule has 0 aromatic carbocycles. The summed E-state index contributed by atoms with van der Waals surface area (Å²) >= 11 is 0. The van der Waals surface area contributed by atoms with E-state index in [0.717, 1.165) is 36.6 Å². The maximum absolute atomic E-state index is 9.25. The molecule has 0 bridgehead atoms. The second-order valence-corrected chi connectivity index (χ2v) is 4.54. The highest BCUT2D eigenvalue weighted by Crippen LogP contribution is 2.24. The molecule has 0 saturated heterocycles. The lowest BCUT2D eigenvalue weighted by atomic mass is 10.0. The van der Waals surface area contributed by atoms with Crippen LogP contribution in [0.2, 0.25) is 0 Å². The van der Waals surface area contributed by atoms with E-state index >= 15 is 0 Å². The average Bonchev–Trinajstić information content (AvgIpc) is 2.93. The molecule has 0 radical (unpaired) electrons. The molecule has 6 heteroatoms. The normalized spacial score (nSPS) is 19.3. The van der Waals surface area contributed by atoms with Crippen molar-refractivity contribution in [2.24, 2.45) is 13.0 Å². The topological polar surface area (TPSA) is 68.8 Å². The third-order valence-electron chi connectivity index (χ3n) is 3.27. The van der Waals surface area contributed by atoms with Gasteiger partial charge in [0.05, 0.1) is 11.8 Å². The lowest BCUT2D eigenvalue weighted by Crippen LogP contribution is -2.23. The Morgan fingerprint density at radius 2 is 2.35 bits per heavy atom. The van der Waals surface area contributed by atoms with Crippen LogP contribution in [0.25, 0.3) is 11.4 Å². The Hall–Kier alpha value is -1.69. The number of aromatic nitrogens is 5. The quantitative estimate of drug-likeness (QED) is 0.806. The Morgan fingerprint density at radius 1 is 1.47 bits per heavy atom. The van der Waals surface area contributed by atoms with Gasteiger partial charge < -0.3 is 9.67 Å². The van der Waals surface area contributed by atoms with Crippen LogP contribution >= 0.6 is 0 Å². The molecule has 90 valence electrons. The first kappa shape index (κ1) is 10.5. The summed E-state index contributed by atoms with van der Waals surface area (Å²) in [7, 11) is 1.88. The Morgan fingerprint density at radius 3 is 3.06 bits per heavy atom. The van der Waals surface area contributed by atoms with Crippen molar-refractivity contribution in [1.29, 1.82) is 0 Å². The molecule has 6 nitrogen and oxygen atoms in total. The van der Waals surface area contributed by atoms with Crippen LogP contribution in [0.1, 0.15) is 12.2 Å². The summed E-state index contributed by atoms with van der Waals surface area (Å²) in [4.78, 5) is 0. The van der Waals surface area contributed by atoms with Crippen molar-refractivity contribution in [3.05, 3.63) is 18.2 Å². The summed E-state index contributed by atoms with van der Waals surface area (Å²) in [5.74, 6) is 2.17. The van der Waals surface area contributed by atoms with E-state index in [2.05, 4.69) is 19.9 Å². The molecule has 3 rings (SSSR count). The number of aryl methyl sites for hydroxylation is 2. The number of hydrogen-bond acceptors (Lipinski definition) is 4. The van der Waals surface area contributed by atoms with Gasteiger partial charge in [-0.3, -0.25) is 4.68 Å². The summed E-state index contributed by atoms with van der Waals surface area (Å²) < 4.78 is 3.85. The minimum atomic E-state index is 0.226. The number of rotatable bonds is 2. The molecule has 0 aliphatic carbocycles. The van der Waals surface area contributed by atoms with Crippen LogP contribution < -0.4 is 0 Å². The highest BCUT2D eigenvalue weighted by molar-refractivity contribution is 5.52. The maximum atomic E-state index is 9.25. The van der Waals surface area contributed by atoms with Gasteiger partial charge in [0.25, 0.3) is 0 Å². The molecule has 1 N–H and O–H groups in total. The average molecular weight is 233 g/mol. The molecule has 0 spiro atoms. The molecule has 1 aliphatic heterocycles. The van der Waals surface area contributed by atoms with Gasteiger partial charge in [0, 0.05) is 38.7 Å². The predicted molar refractivity (Wildman–Crippen MR) is 61.1 cm³/mol. The lowest BCUT2D eigenvalue weighted by molar-refractivity contribution is 0.191. The number of nitrogens with zero attached hydrogens (tertiary/aromatic N) is 5. The van der Waals surface area contributed by atoms with E-state index < -0.39 is 0 Å². The summed E-state index contributed by atoms with van der Waals surface area (Å²) in [6.07, 6.45) is 5.60. The molecule has 0 amide bonds. The zero-order chi connectivity index (χ0) is 11.8. The van der Waals surface area contributed by atoms with Crippen molar-refractivity contribution in [3.63, 3.8) is 0 Å². The first-order valence-electron chi connectivity index (χ1n) is 5.80. The minimum absolute atomic E-state index is 0.226. The Balaban J connectivity index is 2.00. The number of fused-ring (bicyclic) bond motifs is 1. The first-order chi connectivity index (χ1) is 8.28. The summed E-state index contributed by atoms with van der Waals surface area (Å²) in [6, 6.07) is 0. The molecular weight excluding hydrogens is 218 g/mol. The van der Waals surface area contributed by atoms with Gasteiger partial charge in [-0.15, -0.1) is 10.2 Å². The van der Waals surface area contributed by atoms with Gasteiger partial charge in [-0.05, 0) is 6.42 Å². The Labute approximate surface area is 98.9 Å². The van der Waals surface area contributed by atoms with Gasteiger partial charge in [0.1, 0.15) is 5.82 Å². The molecule has 17 heavy (non-hydrogen) atoms. The fourth-order valence-corrected chi connectivity index (χ4v) is 2.29. The van der Waals surface area contributed by atoms with Gasteiger partial charge in [-0.25, -0.2) is 0 Å². The summed E-state index contributed by atoms with van der Waals surface area (Å²) in [5, 5.41) is 21.8. The fourth-order valence-electron chi connectivity index (χ4n) is 2.29. The van der Waals surface area contributed by atoms with E-state index in [-0.39, 0.29) is 6.61 Å². The highest BCUT2D eigenvalue weighted by atomic mass is 16.3. The summed E-state index contributed by atoms with van der Waals surface area (Å²) in [5.41, 5.74) is 0.977. The molecule has 0 saturated carbocycles. The van der Waals surface area contributed by atoms with Gasteiger partial charge in [-0.1, -0.05) is 0 Å². The van der Waals surface area contributed by atoms with E-state index in [1.807, 2.05) is 13.2 Å². The van der Waals surface area contributed by atoms with E-state index in [0.29, 0.717) is 5.92 Å². The fraction of sp³-hybridized carbons (Fsp3) is 0.545. The van der Waals surface area contributed by atoms with Crippen molar-refractivity contribution >= 4 is 0 Å². The zero-order valence-electron chi connectivity index (χ0n) is 9.74. The molecule has 1 atom stereocenters. The van der Waals surface area contributed by atoms with Crippen molar-refractivity contribution in [3.8, 4) is 11.4 Å². The van der Waals surface area contributed by atoms with Crippen LogP contribution in [0.4, 0.5) is 0 Å². The first-order valence-corrected chi connectivity index (χ1v) is 5.80. The van der Waals surface area contributed by atoms with Gasteiger partial charge in [-0.2, -0.15) is 5.10 Å². The molecule has 3 heterocycles. The molecular formula is C11H15N5O. The molecule has 2 aromatic rings. The van der Waals surface area contributed by atoms with E-state index in [1.54, 1.807) is 10.9 Å². The lowest BCUT2D eigenvalue weighted by Gasteiger charge is -2.22. The van der Waals surface area contributed by atoms with Crippen LogP contribution in [0.3, 0.4) is 0 Å². The van der Waals surface area contributed by atoms with E-state index in [4.69, 9.17) is 0 Å². The number of aliphatic hydroxyl groups excluding tert-OH is 1. The van der Waals surface area contributed by atoms with E-state index in [1.165, 1.54) is 0 Å². The SMILES string of the molecule is Cn1cc(-c2nnc3n2CC(CO)CC3)cn1. The van der Waals surface area contributed by atoms with Crippen LogP contribution in [0.5, 0.6) is 0 Å². The third kappa shape index (κ3) is 1.74. The molecule has 1 aliphatic rings. The zero-order valence-corrected chi connectivity index (χ0v) is 9.74. The second-order valence-electron chi connectivity index (χ2n) is 4.54. The monoisotopic (exact) mass is 233 g/mol. The van der Waals surface area contributed by atoms with Crippen LogP contribution in [-0.2, 0) is 20.0 Å². The minimum Gasteiger partial charge on any atom is -0.396 e. The molecule has 0 fully saturated rings. The smallest absolute Gasteiger partial charge is 0.167 e. The second kappa shape index (κ2) is 3.96. The number of aliphatic hydroxyl groups is 1. The Bertz CT molecular complexity index is 530. The molecule has 2 aromatic heterocycles. The van der Waals surface area contributed by atoms with Gasteiger partial charge in [0.15, 0.2) is 5.82 Å². The van der Waals surface area contributed by atoms with Crippen LogP contribution in [0.15, 0.2) is 12.4 Å². The maximum Gasteiger partial charge on any atom is 0.167 e. The Kier molecular flexibility index (Phi) is 2.44. The van der Waals surface area contributed by atoms with Gasteiger partial charge in [0.2, 0.25) is 0 Å². The standard InChI is InChI=1S/C11H15N5O/c1-15-6-9(4-12-15)11-14-13-10-3-2-8(7-17)5-16(10)11/h4,6,8,17H,2-3,5,7H2,1H3. The highest BCUT2D eigenvalue weighted by Gasteiger charge is 2.23. The van der Waals surface area contributed by atoms with Gasteiger partial charge >= 0.3 is 0 Å². The number of hydrogen-bond donors (Lipinski definition) is 1. The van der Waals surface area contributed by atoms with Crippen LogP contribution in [0, 0.1) is 5.92 Å². The predicted octanol–water partition coefficient (Wildman–Crippen LogP) is 0.233. The largest absolute Gasteiger partial charge is 0.396 e. The van der Waals surface area contributed by atoms with Crippen molar-refractivity contribution in [1.82, 2.24) is 24.5 Å². The van der Waals surface area contributed by atoms with Crippen molar-refractivity contribution in [2.45, 2.75) is 19.4 Å². The summed E-state index contributed by atoms with van der Waals surface area (Å²) in [6.45, 7) is 1.02. The van der Waals surface area contributed by atoms with Crippen molar-refractivity contribution < 1.29 is 5.11 Å². The van der Waals surface area contributed by atoms with Crippen molar-refractivity contribution in [2.75, 3.05) is 6.61 Å². The van der Waals surface area contributed by atoms with E-state index in [9.17, 15) is 5.11 Å². The van der Waals surface area contributed by atoms with Crippen LogP contribution in [-0.4, -0.2) is 36.3 Å².